The molecule has 0 saturated heterocycles. The number of hydrogen-bond donors (Lipinski definition) is 2. The predicted octanol–water partition coefficient (Wildman–Crippen LogP) is 1.35. The summed E-state index contributed by atoms with van der Waals surface area (Å²) in [7, 11) is 1.86. The molecule has 1 amide bonds. The number of likely N-dealkylation sites (N-methyl/N-ethyl adjacent to an activating group) is 1. The van der Waals surface area contributed by atoms with Crippen LogP contribution in [0, 0.1) is 17.1 Å². The standard InChI is InChI=1S/C17H16FN3O/c1-21(11-13-5-4-7-15(18)9-13)12-17(22)20-16-8-3-2-6-14(16)10-19/h2-9H,11-12H2,1H3,(H,20,22)/p+1. The van der Waals surface area contributed by atoms with Crippen LogP contribution in [0.25, 0.3) is 0 Å². The Morgan fingerprint density at radius 1 is 1.27 bits per heavy atom. The van der Waals surface area contributed by atoms with Crippen molar-refractivity contribution in [1.29, 1.82) is 5.26 Å². The number of halogens is 1. The lowest BCUT2D eigenvalue weighted by atomic mass is 10.2. The van der Waals surface area contributed by atoms with Crippen LogP contribution in [-0.2, 0) is 11.3 Å². The Hall–Kier alpha value is -2.71. The third-order valence-electron chi connectivity index (χ3n) is 3.18. The molecule has 0 saturated carbocycles. The maximum absolute atomic E-state index is 13.1. The lowest BCUT2D eigenvalue weighted by Gasteiger charge is -2.14. The van der Waals surface area contributed by atoms with Crippen molar-refractivity contribution in [3.63, 3.8) is 0 Å². The van der Waals surface area contributed by atoms with Crippen molar-refractivity contribution in [2.45, 2.75) is 6.54 Å². The number of para-hydroxylation sites is 1. The second-order valence-corrected chi connectivity index (χ2v) is 5.15. The summed E-state index contributed by atoms with van der Waals surface area (Å²) in [5.41, 5.74) is 1.77. The van der Waals surface area contributed by atoms with Crippen molar-refractivity contribution in [3.8, 4) is 6.07 Å². The molecule has 0 aliphatic heterocycles. The molecule has 5 heteroatoms. The van der Waals surface area contributed by atoms with E-state index in [4.69, 9.17) is 5.26 Å². The van der Waals surface area contributed by atoms with Crippen molar-refractivity contribution in [2.75, 3.05) is 18.9 Å². The number of carbonyl (C=O) groups is 1. The van der Waals surface area contributed by atoms with E-state index in [0.717, 1.165) is 10.5 Å². The molecule has 2 aromatic rings. The Kier molecular flexibility index (Phi) is 5.23. The minimum Gasteiger partial charge on any atom is -0.326 e. The lowest BCUT2D eigenvalue weighted by Crippen LogP contribution is -3.08. The highest BCUT2D eigenvalue weighted by Crippen LogP contribution is 2.12. The Balaban J connectivity index is 1.93. The minimum atomic E-state index is -0.280. The summed E-state index contributed by atoms with van der Waals surface area (Å²) in [4.78, 5) is 13.0. The number of nitrogens with zero attached hydrogens (tertiary/aromatic N) is 1. The van der Waals surface area contributed by atoms with Crippen LogP contribution in [0.2, 0.25) is 0 Å². The van der Waals surface area contributed by atoms with Gasteiger partial charge in [-0.1, -0.05) is 24.3 Å². The van der Waals surface area contributed by atoms with E-state index in [1.165, 1.54) is 12.1 Å². The van der Waals surface area contributed by atoms with Gasteiger partial charge in [-0.2, -0.15) is 5.26 Å². The Morgan fingerprint density at radius 3 is 2.77 bits per heavy atom. The lowest BCUT2D eigenvalue weighted by molar-refractivity contribution is -0.885. The second-order valence-electron chi connectivity index (χ2n) is 5.15. The highest BCUT2D eigenvalue weighted by molar-refractivity contribution is 5.92. The minimum absolute atomic E-state index is 0.184. The van der Waals surface area contributed by atoms with Crippen LogP contribution in [0.3, 0.4) is 0 Å². The summed E-state index contributed by atoms with van der Waals surface area (Å²) >= 11 is 0. The molecular weight excluding hydrogens is 281 g/mol. The smallest absolute Gasteiger partial charge is 0.279 e. The van der Waals surface area contributed by atoms with Gasteiger partial charge in [0.2, 0.25) is 0 Å². The predicted molar refractivity (Wildman–Crippen MR) is 81.6 cm³/mol. The number of nitriles is 1. The highest BCUT2D eigenvalue weighted by atomic mass is 19.1. The van der Waals surface area contributed by atoms with Gasteiger partial charge < -0.3 is 10.2 Å². The average molecular weight is 298 g/mol. The fourth-order valence-electron chi connectivity index (χ4n) is 2.22. The molecule has 0 bridgehead atoms. The number of rotatable bonds is 5. The molecule has 2 aromatic carbocycles. The van der Waals surface area contributed by atoms with E-state index >= 15 is 0 Å². The molecule has 0 fully saturated rings. The average Bonchev–Trinajstić information content (AvgIpc) is 2.47. The summed E-state index contributed by atoms with van der Waals surface area (Å²) in [5, 5.41) is 11.7. The van der Waals surface area contributed by atoms with Gasteiger partial charge >= 0.3 is 0 Å². The molecule has 0 spiro atoms. The topological polar surface area (TPSA) is 57.3 Å². The highest BCUT2D eigenvalue weighted by Gasteiger charge is 2.12. The number of benzene rings is 2. The zero-order valence-corrected chi connectivity index (χ0v) is 12.3. The fourth-order valence-corrected chi connectivity index (χ4v) is 2.22. The number of anilines is 1. The van der Waals surface area contributed by atoms with Crippen molar-refractivity contribution in [3.05, 3.63) is 65.5 Å². The summed E-state index contributed by atoms with van der Waals surface area (Å²) in [6.45, 7) is 0.779. The van der Waals surface area contributed by atoms with Crippen LogP contribution < -0.4 is 10.2 Å². The fraction of sp³-hybridized carbons (Fsp3) is 0.176. The number of quaternary nitrogens is 1. The van der Waals surface area contributed by atoms with Crippen LogP contribution in [0.1, 0.15) is 11.1 Å². The largest absolute Gasteiger partial charge is 0.326 e. The number of amides is 1. The Labute approximate surface area is 128 Å². The van der Waals surface area contributed by atoms with Gasteiger partial charge in [0.25, 0.3) is 5.91 Å². The maximum Gasteiger partial charge on any atom is 0.279 e. The van der Waals surface area contributed by atoms with E-state index in [0.29, 0.717) is 17.8 Å². The van der Waals surface area contributed by atoms with Crippen LogP contribution in [0.15, 0.2) is 48.5 Å². The van der Waals surface area contributed by atoms with Crippen molar-refractivity contribution in [2.24, 2.45) is 0 Å². The Morgan fingerprint density at radius 2 is 2.05 bits per heavy atom. The summed E-state index contributed by atoms with van der Waals surface area (Å²) in [5.74, 6) is -0.464. The third kappa shape index (κ3) is 4.40. The van der Waals surface area contributed by atoms with E-state index < -0.39 is 0 Å². The summed E-state index contributed by atoms with van der Waals surface area (Å²) in [6.07, 6.45) is 0. The van der Waals surface area contributed by atoms with Crippen LogP contribution in [0.5, 0.6) is 0 Å². The van der Waals surface area contributed by atoms with Crippen LogP contribution in [0.4, 0.5) is 10.1 Å². The third-order valence-corrected chi connectivity index (χ3v) is 3.18. The van der Waals surface area contributed by atoms with E-state index in [2.05, 4.69) is 5.32 Å². The van der Waals surface area contributed by atoms with Gasteiger partial charge in [0.05, 0.1) is 18.3 Å². The van der Waals surface area contributed by atoms with E-state index in [9.17, 15) is 9.18 Å². The Bertz CT molecular complexity index is 709. The number of nitrogens with one attached hydrogen (secondary N) is 2. The molecule has 22 heavy (non-hydrogen) atoms. The van der Waals surface area contributed by atoms with E-state index in [-0.39, 0.29) is 18.3 Å². The first-order chi connectivity index (χ1) is 10.6. The van der Waals surface area contributed by atoms with Gasteiger partial charge in [-0.3, -0.25) is 4.79 Å². The molecule has 0 aromatic heterocycles. The van der Waals surface area contributed by atoms with Gasteiger partial charge in [-0.15, -0.1) is 0 Å². The maximum atomic E-state index is 13.1. The summed E-state index contributed by atoms with van der Waals surface area (Å²) in [6, 6.07) is 15.2. The SMILES string of the molecule is C[NH+](CC(=O)Nc1ccccc1C#N)Cc1cccc(F)c1. The van der Waals surface area contributed by atoms with Crippen molar-refractivity contribution >= 4 is 11.6 Å². The van der Waals surface area contributed by atoms with Gasteiger partial charge in [0, 0.05) is 5.56 Å². The monoisotopic (exact) mass is 298 g/mol. The molecule has 0 aliphatic rings. The number of carbonyl (C=O) groups excluding carboxylic acids is 1. The van der Waals surface area contributed by atoms with Gasteiger partial charge in [0.1, 0.15) is 18.4 Å². The first kappa shape index (κ1) is 15.7. The molecule has 2 N–H and O–H groups in total. The zero-order valence-electron chi connectivity index (χ0n) is 12.3. The molecule has 1 atom stereocenters. The molecule has 0 heterocycles. The van der Waals surface area contributed by atoms with Crippen LogP contribution >= 0.6 is 0 Å². The van der Waals surface area contributed by atoms with Gasteiger partial charge in [0.15, 0.2) is 6.54 Å². The zero-order chi connectivity index (χ0) is 15.9. The summed E-state index contributed by atoms with van der Waals surface area (Å²) < 4.78 is 13.1. The molecule has 4 nitrogen and oxygen atoms in total. The van der Waals surface area contributed by atoms with E-state index in [1.807, 2.05) is 19.2 Å². The van der Waals surface area contributed by atoms with Gasteiger partial charge in [-0.25, -0.2) is 4.39 Å². The molecule has 2 rings (SSSR count). The van der Waals surface area contributed by atoms with E-state index in [1.54, 1.807) is 30.3 Å². The first-order valence-electron chi connectivity index (χ1n) is 6.93. The van der Waals surface area contributed by atoms with Crippen LogP contribution in [-0.4, -0.2) is 19.5 Å². The quantitative estimate of drug-likeness (QED) is 0.875. The number of hydrogen-bond acceptors (Lipinski definition) is 2. The normalized spacial score (nSPS) is 11.5. The first-order valence-corrected chi connectivity index (χ1v) is 6.93. The van der Waals surface area contributed by atoms with Gasteiger partial charge in [-0.05, 0) is 24.3 Å². The molecule has 112 valence electrons. The van der Waals surface area contributed by atoms with Crippen molar-refractivity contribution < 1.29 is 14.1 Å². The van der Waals surface area contributed by atoms with Crippen molar-refractivity contribution in [1.82, 2.24) is 0 Å². The molecule has 0 aliphatic carbocycles. The molecular formula is C17H17FN3O+. The molecule has 1 unspecified atom stereocenters. The second kappa shape index (κ2) is 7.34. The molecule has 0 radical (unpaired) electrons.